The van der Waals surface area contributed by atoms with Crippen molar-refractivity contribution in [3.05, 3.63) is 89.5 Å². The molecule has 0 aliphatic heterocycles. The number of rotatable bonds is 6. The van der Waals surface area contributed by atoms with E-state index in [1.54, 1.807) is 18.2 Å². The molecule has 0 saturated carbocycles. The predicted octanol–water partition coefficient (Wildman–Crippen LogP) is 4.23. The highest BCUT2D eigenvalue weighted by Gasteiger charge is 2.15. The zero-order valence-electron chi connectivity index (χ0n) is 15.7. The zero-order chi connectivity index (χ0) is 20.1. The van der Waals surface area contributed by atoms with Crippen LogP contribution in [0.1, 0.15) is 21.5 Å². The average Bonchev–Trinajstić information content (AvgIpc) is 2.68. The third-order valence-electron chi connectivity index (χ3n) is 4.28. The van der Waals surface area contributed by atoms with E-state index in [1.165, 1.54) is 12.1 Å². The lowest BCUT2D eigenvalue weighted by molar-refractivity contribution is 0.102. The highest BCUT2D eigenvalue weighted by atomic mass is 32.2. The number of amides is 1. The van der Waals surface area contributed by atoms with Gasteiger partial charge in [0.15, 0.2) is 9.84 Å². The Bertz CT molecular complexity index is 1090. The smallest absolute Gasteiger partial charge is 0.256 e. The van der Waals surface area contributed by atoms with E-state index in [1.807, 2.05) is 49.4 Å². The molecule has 0 bridgehead atoms. The Morgan fingerprint density at radius 3 is 2.36 bits per heavy atom. The van der Waals surface area contributed by atoms with E-state index in [9.17, 15) is 13.2 Å². The van der Waals surface area contributed by atoms with E-state index in [4.69, 9.17) is 4.74 Å². The van der Waals surface area contributed by atoms with Crippen molar-refractivity contribution >= 4 is 21.4 Å². The lowest BCUT2D eigenvalue weighted by Gasteiger charge is -2.13. The summed E-state index contributed by atoms with van der Waals surface area (Å²) in [6.07, 6.45) is 1.14. The van der Waals surface area contributed by atoms with Crippen LogP contribution in [0.25, 0.3) is 0 Å². The molecule has 3 aromatic carbocycles. The minimum absolute atomic E-state index is 0.161. The first-order valence-corrected chi connectivity index (χ1v) is 10.6. The first-order chi connectivity index (χ1) is 13.3. The maximum absolute atomic E-state index is 12.8. The maximum atomic E-state index is 12.8. The van der Waals surface area contributed by atoms with Crippen LogP contribution in [0.15, 0.2) is 77.7 Å². The maximum Gasteiger partial charge on any atom is 0.256 e. The number of hydrogen-bond acceptors (Lipinski definition) is 4. The lowest BCUT2D eigenvalue weighted by Crippen LogP contribution is -2.16. The zero-order valence-corrected chi connectivity index (χ0v) is 16.5. The largest absolute Gasteiger partial charge is 0.489 e. The van der Waals surface area contributed by atoms with Crippen molar-refractivity contribution in [1.82, 2.24) is 0 Å². The van der Waals surface area contributed by atoms with E-state index in [2.05, 4.69) is 5.32 Å². The van der Waals surface area contributed by atoms with Gasteiger partial charge in [-0.05, 0) is 42.8 Å². The van der Waals surface area contributed by atoms with Gasteiger partial charge in [0.2, 0.25) is 0 Å². The van der Waals surface area contributed by atoms with Crippen LogP contribution in [0, 0.1) is 6.92 Å². The molecule has 6 heteroatoms. The molecule has 0 unspecified atom stereocenters. The van der Waals surface area contributed by atoms with Crippen LogP contribution in [0.4, 0.5) is 5.69 Å². The molecule has 5 nitrogen and oxygen atoms in total. The minimum atomic E-state index is -3.36. The molecular formula is C22H21NO4S. The van der Waals surface area contributed by atoms with E-state index in [-0.39, 0.29) is 17.4 Å². The van der Waals surface area contributed by atoms with Gasteiger partial charge in [0.05, 0.1) is 4.90 Å². The summed E-state index contributed by atoms with van der Waals surface area (Å²) in [5, 5.41) is 2.82. The fourth-order valence-corrected chi connectivity index (χ4v) is 3.35. The Kier molecular flexibility index (Phi) is 5.80. The fourth-order valence-electron chi connectivity index (χ4n) is 2.70. The molecule has 3 aromatic rings. The van der Waals surface area contributed by atoms with Gasteiger partial charge in [0.25, 0.3) is 5.91 Å². The Balaban J connectivity index is 1.82. The van der Waals surface area contributed by atoms with Gasteiger partial charge in [-0.3, -0.25) is 4.79 Å². The van der Waals surface area contributed by atoms with E-state index in [0.29, 0.717) is 11.3 Å². The van der Waals surface area contributed by atoms with Crippen LogP contribution in [0.5, 0.6) is 5.75 Å². The number of carbonyl (C=O) groups excluding carboxylic acids is 1. The monoisotopic (exact) mass is 395 g/mol. The Morgan fingerprint density at radius 1 is 0.964 bits per heavy atom. The second-order valence-electron chi connectivity index (χ2n) is 6.46. The highest BCUT2D eigenvalue weighted by molar-refractivity contribution is 7.90. The highest BCUT2D eigenvalue weighted by Crippen LogP contribution is 2.22. The molecule has 0 heterocycles. The number of nitrogens with one attached hydrogen (secondary N) is 1. The third kappa shape index (κ3) is 4.78. The molecule has 144 valence electrons. The molecule has 0 aromatic heterocycles. The summed E-state index contributed by atoms with van der Waals surface area (Å²) in [5.74, 6) is 0.399. The number of para-hydroxylation sites is 1. The van der Waals surface area contributed by atoms with E-state index >= 15 is 0 Å². The van der Waals surface area contributed by atoms with E-state index in [0.717, 1.165) is 23.1 Å². The van der Waals surface area contributed by atoms with E-state index < -0.39 is 9.84 Å². The molecule has 0 aliphatic rings. The quantitative estimate of drug-likeness (QED) is 0.678. The fraction of sp³-hybridized carbons (Fsp3) is 0.136. The topological polar surface area (TPSA) is 72.5 Å². The number of carbonyl (C=O) groups is 1. The average molecular weight is 395 g/mol. The number of sulfone groups is 1. The second kappa shape index (κ2) is 8.27. The van der Waals surface area contributed by atoms with Crippen molar-refractivity contribution in [2.75, 3.05) is 11.6 Å². The summed E-state index contributed by atoms with van der Waals surface area (Å²) >= 11 is 0. The third-order valence-corrected chi connectivity index (χ3v) is 5.40. The van der Waals surface area contributed by atoms with Crippen LogP contribution in [-0.4, -0.2) is 20.6 Å². The van der Waals surface area contributed by atoms with Crippen molar-refractivity contribution in [3.8, 4) is 5.75 Å². The minimum Gasteiger partial charge on any atom is -0.489 e. The molecule has 0 aliphatic carbocycles. The van der Waals surface area contributed by atoms with Crippen LogP contribution >= 0.6 is 0 Å². The number of hydrogen-bond donors (Lipinski definition) is 1. The normalized spacial score (nSPS) is 11.1. The van der Waals surface area contributed by atoms with Crippen molar-refractivity contribution in [2.24, 2.45) is 0 Å². The van der Waals surface area contributed by atoms with Crippen LogP contribution in [0.2, 0.25) is 0 Å². The second-order valence-corrected chi connectivity index (χ2v) is 8.48. The van der Waals surface area contributed by atoms with Crippen LogP contribution in [-0.2, 0) is 16.4 Å². The first kappa shape index (κ1) is 19.6. The standard InChI is InChI=1S/C22H21NO4S/c1-16-12-13-19(28(2,25)26)14-21(16)23-22(24)20-11-7-6-8-17(20)15-27-18-9-4-3-5-10-18/h3-14H,15H2,1-2H3,(H,23,24). The van der Waals surface area contributed by atoms with Crippen molar-refractivity contribution in [1.29, 1.82) is 0 Å². The van der Waals surface area contributed by atoms with Crippen molar-refractivity contribution in [2.45, 2.75) is 18.4 Å². The van der Waals surface area contributed by atoms with Gasteiger partial charge in [0, 0.05) is 23.1 Å². The summed E-state index contributed by atoms with van der Waals surface area (Å²) in [6.45, 7) is 2.06. The summed E-state index contributed by atoms with van der Waals surface area (Å²) in [4.78, 5) is 13.0. The number of aryl methyl sites for hydroxylation is 1. The number of benzene rings is 3. The molecule has 0 atom stereocenters. The summed E-state index contributed by atoms with van der Waals surface area (Å²) < 4.78 is 29.4. The molecule has 3 rings (SSSR count). The predicted molar refractivity (Wildman–Crippen MR) is 109 cm³/mol. The molecule has 0 spiro atoms. The van der Waals surface area contributed by atoms with Gasteiger partial charge in [-0.1, -0.05) is 42.5 Å². The van der Waals surface area contributed by atoms with Gasteiger partial charge in [0.1, 0.15) is 12.4 Å². The Labute approximate surface area is 164 Å². The molecule has 0 fully saturated rings. The molecule has 0 radical (unpaired) electrons. The lowest BCUT2D eigenvalue weighted by atomic mass is 10.1. The summed E-state index contributed by atoms with van der Waals surface area (Å²) in [6, 6.07) is 21.2. The van der Waals surface area contributed by atoms with Gasteiger partial charge in [-0.25, -0.2) is 8.42 Å². The van der Waals surface area contributed by atoms with Crippen molar-refractivity contribution in [3.63, 3.8) is 0 Å². The number of ether oxygens (including phenoxy) is 1. The van der Waals surface area contributed by atoms with Gasteiger partial charge >= 0.3 is 0 Å². The van der Waals surface area contributed by atoms with Crippen LogP contribution < -0.4 is 10.1 Å². The van der Waals surface area contributed by atoms with Gasteiger partial charge < -0.3 is 10.1 Å². The summed E-state index contributed by atoms with van der Waals surface area (Å²) in [5.41, 5.74) is 2.45. The molecule has 1 amide bonds. The van der Waals surface area contributed by atoms with Gasteiger partial charge in [-0.15, -0.1) is 0 Å². The van der Waals surface area contributed by atoms with Crippen molar-refractivity contribution < 1.29 is 17.9 Å². The molecule has 28 heavy (non-hydrogen) atoms. The Morgan fingerprint density at radius 2 is 1.64 bits per heavy atom. The molecule has 0 saturated heterocycles. The van der Waals surface area contributed by atoms with Gasteiger partial charge in [-0.2, -0.15) is 0 Å². The first-order valence-electron chi connectivity index (χ1n) is 8.72. The number of anilines is 1. The molecular weight excluding hydrogens is 374 g/mol. The summed E-state index contributed by atoms with van der Waals surface area (Å²) in [7, 11) is -3.36. The molecule has 1 N–H and O–H groups in total. The Hall–Kier alpha value is -3.12. The SMILES string of the molecule is Cc1ccc(S(C)(=O)=O)cc1NC(=O)c1ccccc1COc1ccccc1. The van der Waals surface area contributed by atoms with Crippen LogP contribution in [0.3, 0.4) is 0 Å².